The van der Waals surface area contributed by atoms with Gasteiger partial charge in [-0.15, -0.1) is 0 Å². The van der Waals surface area contributed by atoms with Crippen molar-refractivity contribution in [1.82, 2.24) is 0 Å². The molecule has 166 valence electrons. The number of hydrogen-bond donors (Lipinski definition) is 1. The van der Waals surface area contributed by atoms with Crippen molar-refractivity contribution in [3.8, 4) is 17.9 Å². The fraction of sp³-hybridized carbons (Fsp3) is 0.364. The lowest BCUT2D eigenvalue weighted by atomic mass is 9.75. The Bertz CT molecular complexity index is 1270. The van der Waals surface area contributed by atoms with Crippen LogP contribution in [0.4, 0.5) is 8.78 Å². The lowest BCUT2D eigenvalue weighted by molar-refractivity contribution is -0.0806. The molecule has 0 amide bonds. The lowest BCUT2D eigenvalue weighted by Gasteiger charge is -2.50. The SMILES string of the molecule is N#Cc1ccc(S(=O)(=O)[C@@]23CCO[C@@H](CCO)[C@@H]2COc2c(F)ccc(F)c23)cc1C#N. The Hall–Kier alpha value is -3.05. The fourth-order valence-corrected chi connectivity index (χ4v) is 7.10. The highest BCUT2D eigenvalue weighted by atomic mass is 32.2. The summed E-state index contributed by atoms with van der Waals surface area (Å²) in [6.07, 6.45) is -0.886. The molecule has 0 saturated carbocycles. The Morgan fingerprint density at radius 3 is 2.53 bits per heavy atom. The summed E-state index contributed by atoms with van der Waals surface area (Å²) in [5.74, 6) is -3.24. The highest BCUT2D eigenvalue weighted by molar-refractivity contribution is 7.92. The van der Waals surface area contributed by atoms with Crippen molar-refractivity contribution < 1.29 is 31.8 Å². The number of benzene rings is 2. The Balaban J connectivity index is 2.03. The van der Waals surface area contributed by atoms with Gasteiger partial charge in [0.15, 0.2) is 21.4 Å². The van der Waals surface area contributed by atoms with Crippen molar-refractivity contribution >= 4 is 9.84 Å². The van der Waals surface area contributed by atoms with Crippen LogP contribution in [-0.4, -0.2) is 39.4 Å². The maximum absolute atomic E-state index is 15.2. The molecule has 1 fully saturated rings. The molecule has 32 heavy (non-hydrogen) atoms. The van der Waals surface area contributed by atoms with Gasteiger partial charge in [0, 0.05) is 19.1 Å². The van der Waals surface area contributed by atoms with Crippen molar-refractivity contribution in [2.24, 2.45) is 5.92 Å². The normalized spacial score (nSPS) is 24.4. The third-order valence-electron chi connectivity index (χ3n) is 6.18. The average molecular weight is 460 g/mol. The topological polar surface area (TPSA) is 120 Å². The van der Waals surface area contributed by atoms with Crippen LogP contribution >= 0.6 is 0 Å². The quantitative estimate of drug-likeness (QED) is 0.744. The number of aliphatic hydroxyl groups is 1. The summed E-state index contributed by atoms with van der Waals surface area (Å²) in [5, 5.41) is 28.0. The van der Waals surface area contributed by atoms with Gasteiger partial charge >= 0.3 is 0 Å². The Kier molecular flexibility index (Phi) is 5.63. The van der Waals surface area contributed by atoms with E-state index in [1.165, 1.54) is 12.1 Å². The van der Waals surface area contributed by atoms with E-state index in [-0.39, 0.29) is 48.7 Å². The van der Waals surface area contributed by atoms with Gasteiger partial charge in [0.1, 0.15) is 22.7 Å². The van der Waals surface area contributed by atoms with Gasteiger partial charge in [0.25, 0.3) is 0 Å². The van der Waals surface area contributed by atoms with Crippen LogP contribution in [0.5, 0.6) is 5.75 Å². The van der Waals surface area contributed by atoms with Crippen LogP contribution < -0.4 is 4.74 Å². The van der Waals surface area contributed by atoms with Gasteiger partial charge in [-0.1, -0.05) is 0 Å². The predicted octanol–water partition coefficient (Wildman–Crippen LogP) is 2.56. The molecule has 0 unspecified atom stereocenters. The minimum atomic E-state index is -4.45. The molecule has 2 heterocycles. The smallest absolute Gasteiger partial charge is 0.189 e. The van der Waals surface area contributed by atoms with E-state index >= 15 is 4.39 Å². The van der Waals surface area contributed by atoms with E-state index in [2.05, 4.69) is 0 Å². The molecular weight excluding hydrogens is 442 g/mol. The second-order valence-electron chi connectivity index (χ2n) is 7.65. The highest BCUT2D eigenvalue weighted by Gasteiger charge is 2.61. The molecule has 2 aromatic carbocycles. The molecule has 3 atom stereocenters. The van der Waals surface area contributed by atoms with Gasteiger partial charge in [-0.2, -0.15) is 10.5 Å². The summed E-state index contributed by atoms with van der Waals surface area (Å²) in [6.45, 7) is -0.638. The molecule has 7 nitrogen and oxygen atoms in total. The van der Waals surface area contributed by atoms with E-state index in [9.17, 15) is 28.4 Å². The molecule has 2 aliphatic rings. The number of fused-ring (bicyclic) bond motifs is 3. The van der Waals surface area contributed by atoms with Crippen LogP contribution in [-0.2, 0) is 19.3 Å². The van der Waals surface area contributed by atoms with Crippen LogP contribution in [0.25, 0.3) is 0 Å². The maximum Gasteiger partial charge on any atom is 0.189 e. The van der Waals surface area contributed by atoms with Gasteiger partial charge in [0.2, 0.25) is 0 Å². The number of nitrogens with zero attached hydrogens (tertiary/aromatic N) is 2. The first-order valence-electron chi connectivity index (χ1n) is 9.84. The van der Waals surface area contributed by atoms with Crippen molar-refractivity contribution in [2.45, 2.75) is 28.6 Å². The number of ether oxygens (including phenoxy) is 2. The molecule has 0 radical (unpaired) electrons. The molecule has 0 bridgehead atoms. The maximum atomic E-state index is 15.2. The summed E-state index contributed by atoms with van der Waals surface area (Å²) in [6, 6.07) is 8.81. The third-order valence-corrected chi connectivity index (χ3v) is 8.72. The van der Waals surface area contributed by atoms with E-state index in [1.54, 1.807) is 6.07 Å². The van der Waals surface area contributed by atoms with E-state index < -0.39 is 49.6 Å². The molecule has 0 aromatic heterocycles. The third kappa shape index (κ3) is 3.06. The van der Waals surface area contributed by atoms with Gasteiger partial charge in [-0.05, 0) is 43.2 Å². The largest absolute Gasteiger partial charge is 0.490 e. The van der Waals surface area contributed by atoms with Gasteiger partial charge in [-0.3, -0.25) is 0 Å². The first-order valence-corrected chi connectivity index (χ1v) is 11.3. The summed E-state index contributed by atoms with van der Waals surface area (Å²) in [5.41, 5.74) is -0.564. The van der Waals surface area contributed by atoms with Gasteiger partial charge in [-0.25, -0.2) is 17.2 Å². The zero-order valence-electron chi connectivity index (χ0n) is 16.7. The molecule has 4 rings (SSSR count). The van der Waals surface area contributed by atoms with Crippen molar-refractivity contribution in [3.63, 3.8) is 0 Å². The predicted molar refractivity (Wildman–Crippen MR) is 106 cm³/mol. The molecule has 2 aliphatic heterocycles. The van der Waals surface area contributed by atoms with Crippen LogP contribution in [0.1, 0.15) is 29.5 Å². The van der Waals surface area contributed by atoms with Crippen LogP contribution in [0.3, 0.4) is 0 Å². The van der Waals surface area contributed by atoms with E-state index in [4.69, 9.17) is 9.47 Å². The van der Waals surface area contributed by atoms with Crippen LogP contribution in [0, 0.1) is 40.2 Å². The minimum absolute atomic E-state index is 0.00441. The molecule has 0 spiro atoms. The molecule has 1 N–H and O–H groups in total. The number of hydrogen-bond acceptors (Lipinski definition) is 7. The zero-order valence-corrected chi connectivity index (χ0v) is 17.5. The Morgan fingerprint density at radius 2 is 1.84 bits per heavy atom. The molecule has 2 aromatic rings. The summed E-state index contributed by atoms with van der Waals surface area (Å²) < 4.78 is 67.3. The monoisotopic (exact) mass is 460 g/mol. The standard InChI is InChI=1S/C22H18F2N2O5S/c23-17-3-4-18(24)21-20(17)22(6-8-30-19(5-7-27)16(22)12-31-21)32(28,29)15-2-1-13(10-25)14(9-15)11-26/h1-4,9,16,19,27H,5-8,12H2/t16-,19-,22-/m0/s1. The Labute approximate surface area is 183 Å². The zero-order chi connectivity index (χ0) is 23.1. The molecular formula is C22H18F2N2O5S. The number of aliphatic hydroxyl groups excluding tert-OH is 1. The van der Waals surface area contributed by atoms with Gasteiger partial charge in [0.05, 0.1) is 34.3 Å². The van der Waals surface area contributed by atoms with Crippen molar-refractivity contribution in [1.29, 1.82) is 10.5 Å². The number of sulfone groups is 1. The first-order chi connectivity index (χ1) is 15.3. The lowest BCUT2D eigenvalue weighted by Crippen LogP contribution is -2.57. The van der Waals surface area contributed by atoms with Crippen molar-refractivity contribution in [2.75, 3.05) is 19.8 Å². The highest BCUT2D eigenvalue weighted by Crippen LogP contribution is 2.55. The van der Waals surface area contributed by atoms with Crippen LogP contribution in [0.15, 0.2) is 35.2 Å². The van der Waals surface area contributed by atoms with E-state index in [0.717, 1.165) is 18.2 Å². The first kappa shape index (κ1) is 22.2. The number of halogens is 2. The van der Waals surface area contributed by atoms with Crippen molar-refractivity contribution in [3.05, 3.63) is 58.7 Å². The average Bonchev–Trinajstić information content (AvgIpc) is 2.80. The van der Waals surface area contributed by atoms with E-state index in [0.29, 0.717) is 0 Å². The van der Waals surface area contributed by atoms with Crippen LogP contribution in [0.2, 0.25) is 0 Å². The minimum Gasteiger partial charge on any atom is -0.490 e. The molecule has 1 saturated heterocycles. The summed E-state index contributed by atoms with van der Waals surface area (Å²) in [7, 11) is -4.45. The fourth-order valence-electron chi connectivity index (χ4n) is 4.73. The number of nitriles is 2. The second-order valence-corrected chi connectivity index (χ2v) is 9.85. The summed E-state index contributed by atoms with van der Waals surface area (Å²) >= 11 is 0. The Morgan fingerprint density at radius 1 is 1.12 bits per heavy atom. The van der Waals surface area contributed by atoms with Gasteiger partial charge < -0.3 is 14.6 Å². The molecule has 0 aliphatic carbocycles. The van der Waals surface area contributed by atoms with E-state index in [1.807, 2.05) is 6.07 Å². The molecule has 10 heteroatoms. The number of rotatable bonds is 4. The second kappa shape index (κ2) is 8.14. The summed E-state index contributed by atoms with van der Waals surface area (Å²) in [4.78, 5) is -0.292.